The molecule has 9 heteroatoms. The van der Waals surface area contributed by atoms with E-state index >= 15 is 0 Å². The Labute approximate surface area is 187 Å². The van der Waals surface area contributed by atoms with Gasteiger partial charge in [-0.2, -0.15) is 5.10 Å². The number of hydrogen-bond acceptors (Lipinski definition) is 4. The van der Waals surface area contributed by atoms with Crippen LogP contribution in [0.4, 0.5) is 11.5 Å². The lowest BCUT2D eigenvalue weighted by molar-refractivity contribution is -0.114. The molecule has 0 fully saturated rings. The Kier molecular flexibility index (Phi) is 4.79. The minimum atomic E-state index is -3.79. The number of nitrogens with one attached hydrogen (secondary N) is 1. The molecule has 156 valence electrons. The Morgan fingerprint density at radius 1 is 1.00 bits per heavy atom. The predicted octanol–water partition coefficient (Wildman–Crippen LogP) is 3.99. The van der Waals surface area contributed by atoms with Crippen LogP contribution in [0.1, 0.15) is 5.56 Å². The summed E-state index contributed by atoms with van der Waals surface area (Å²) in [6.45, 7) is 0.132. The maximum Gasteiger partial charge on any atom is 0.265 e. The van der Waals surface area contributed by atoms with E-state index in [0.29, 0.717) is 23.4 Å². The molecule has 0 bridgehead atoms. The van der Waals surface area contributed by atoms with Crippen molar-refractivity contribution >= 4 is 54.1 Å². The highest BCUT2D eigenvalue weighted by atomic mass is 79.9. The average Bonchev–Trinajstić information content (AvgIpc) is 3.27. The summed E-state index contributed by atoms with van der Waals surface area (Å²) >= 11 is 3.51. The molecular weight excluding hydrogens is 480 g/mol. The van der Waals surface area contributed by atoms with E-state index in [4.69, 9.17) is 0 Å². The first kappa shape index (κ1) is 19.8. The van der Waals surface area contributed by atoms with Crippen LogP contribution < -0.4 is 9.62 Å². The molecule has 1 aliphatic heterocycles. The number of benzene rings is 3. The maximum atomic E-state index is 13.1. The molecule has 31 heavy (non-hydrogen) atoms. The minimum absolute atomic E-state index is 0.229. The number of carbonyl (C=O) groups excluding carboxylic acids is 1. The van der Waals surface area contributed by atoms with Gasteiger partial charge in [0, 0.05) is 15.9 Å². The molecule has 0 saturated carbocycles. The largest absolute Gasteiger partial charge is 0.309 e. The molecule has 0 atom stereocenters. The van der Waals surface area contributed by atoms with Crippen LogP contribution >= 0.6 is 15.9 Å². The molecule has 5 rings (SSSR count). The van der Waals surface area contributed by atoms with Gasteiger partial charge in [0.15, 0.2) is 0 Å². The van der Waals surface area contributed by atoms with E-state index in [2.05, 4.69) is 26.3 Å². The monoisotopic (exact) mass is 496 g/mol. The third-order valence-corrected chi connectivity index (χ3v) is 7.81. The van der Waals surface area contributed by atoms with Gasteiger partial charge in [0.1, 0.15) is 12.4 Å². The first-order chi connectivity index (χ1) is 14.9. The van der Waals surface area contributed by atoms with Gasteiger partial charge in [-0.25, -0.2) is 13.1 Å². The molecule has 0 unspecified atom stereocenters. The second-order valence-corrected chi connectivity index (χ2v) is 9.84. The van der Waals surface area contributed by atoms with Crippen molar-refractivity contribution < 1.29 is 13.2 Å². The third-order valence-electron chi connectivity index (χ3n) is 5.23. The number of carbonyl (C=O) groups is 1. The number of amides is 1. The Hall–Kier alpha value is -3.17. The van der Waals surface area contributed by atoms with E-state index in [1.165, 1.54) is 0 Å². The molecule has 1 N–H and O–H groups in total. The highest BCUT2D eigenvalue weighted by molar-refractivity contribution is 9.10. The molecule has 7 nitrogen and oxygen atoms in total. The number of nitrogens with zero attached hydrogens (tertiary/aromatic N) is 3. The van der Waals surface area contributed by atoms with E-state index in [1.807, 2.05) is 36.4 Å². The van der Waals surface area contributed by atoms with Gasteiger partial charge in [-0.05, 0) is 29.1 Å². The van der Waals surface area contributed by atoms with E-state index in [9.17, 15) is 13.2 Å². The van der Waals surface area contributed by atoms with E-state index in [0.717, 1.165) is 19.7 Å². The Morgan fingerprint density at radius 3 is 2.58 bits per heavy atom. The van der Waals surface area contributed by atoms with Gasteiger partial charge in [0.25, 0.3) is 10.0 Å². The lowest BCUT2D eigenvalue weighted by Crippen LogP contribution is -2.36. The molecule has 2 heterocycles. The second kappa shape index (κ2) is 7.51. The number of sulfonamides is 1. The topological polar surface area (TPSA) is 84.3 Å². The quantitative estimate of drug-likeness (QED) is 0.452. The Bertz CT molecular complexity index is 1430. The molecule has 1 aromatic heterocycles. The van der Waals surface area contributed by atoms with Crippen molar-refractivity contribution in [3.8, 4) is 0 Å². The highest BCUT2D eigenvalue weighted by Gasteiger charge is 2.36. The van der Waals surface area contributed by atoms with Crippen molar-refractivity contribution in [2.45, 2.75) is 11.4 Å². The first-order valence-electron chi connectivity index (χ1n) is 9.55. The Morgan fingerprint density at radius 2 is 1.77 bits per heavy atom. The zero-order chi connectivity index (χ0) is 21.6. The normalized spacial score (nSPS) is 14.2. The van der Waals surface area contributed by atoms with Crippen LogP contribution in [0.5, 0.6) is 0 Å². The van der Waals surface area contributed by atoms with Gasteiger partial charge in [-0.1, -0.05) is 58.4 Å². The summed E-state index contributed by atoms with van der Waals surface area (Å²) in [5.41, 5.74) is 1.52. The van der Waals surface area contributed by atoms with Gasteiger partial charge >= 0.3 is 0 Å². The van der Waals surface area contributed by atoms with Gasteiger partial charge < -0.3 is 5.32 Å². The van der Waals surface area contributed by atoms with E-state index in [1.54, 1.807) is 41.2 Å². The molecule has 0 saturated heterocycles. The summed E-state index contributed by atoms with van der Waals surface area (Å²) in [5.74, 6) is 0.0512. The average molecular weight is 497 g/mol. The summed E-state index contributed by atoms with van der Waals surface area (Å²) in [5, 5.41) is 8.55. The van der Waals surface area contributed by atoms with Crippen LogP contribution in [-0.4, -0.2) is 30.7 Å². The summed E-state index contributed by atoms with van der Waals surface area (Å²) in [7, 11) is -3.79. The standard InChI is InChI=1S/C22H17BrN4O3S/c23-17-8-2-1-5-16(17)13-26-20(11-12-24-26)25-21(28)14-27-18-9-3-6-15-7-4-10-19(22(15)18)31(27,29)30/h1-12H,13-14H2,(H,25,28). The van der Waals surface area contributed by atoms with Gasteiger partial charge in [0.2, 0.25) is 5.91 Å². The van der Waals surface area contributed by atoms with Crippen LogP contribution in [0.2, 0.25) is 0 Å². The fraction of sp³-hybridized carbons (Fsp3) is 0.0909. The van der Waals surface area contributed by atoms with Crippen LogP contribution in [0.15, 0.2) is 82.3 Å². The maximum absolute atomic E-state index is 13.1. The van der Waals surface area contributed by atoms with Crippen LogP contribution in [0.3, 0.4) is 0 Å². The summed E-state index contributed by atoms with van der Waals surface area (Å²) in [6, 6.07) is 20.0. The summed E-state index contributed by atoms with van der Waals surface area (Å²) in [4.78, 5) is 13.1. The first-order valence-corrected chi connectivity index (χ1v) is 11.8. The van der Waals surface area contributed by atoms with Crippen molar-refractivity contribution in [1.29, 1.82) is 0 Å². The number of anilines is 2. The SMILES string of the molecule is O=C(CN1c2cccc3cccc(c23)S1(=O)=O)Nc1ccnn1Cc1ccccc1Br. The fourth-order valence-corrected chi connectivity index (χ4v) is 5.87. The number of rotatable bonds is 5. The minimum Gasteiger partial charge on any atom is -0.309 e. The second-order valence-electron chi connectivity index (χ2n) is 7.16. The van der Waals surface area contributed by atoms with Crippen molar-refractivity contribution in [1.82, 2.24) is 9.78 Å². The van der Waals surface area contributed by atoms with Crippen molar-refractivity contribution in [2.24, 2.45) is 0 Å². The summed E-state index contributed by atoms with van der Waals surface area (Å²) < 4.78 is 29.9. The van der Waals surface area contributed by atoms with E-state index in [-0.39, 0.29) is 11.4 Å². The summed E-state index contributed by atoms with van der Waals surface area (Å²) in [6.07, 6.45) is 1.59. The third kappa shape index (κ3) is 3.39. The highest BCUT2D eigenvalue weighted by Crippen LogP contribution is 2.41. The molecule has 4 aromatic rings. The number of aromatic nitrogens is 2. The predicted molar refractivity (Wildman–Crippen MR) is 123 cm³/mol. The zero-order valence-electron chi connectivity index (χ0n) is 16.2. The molecular formula is C22H17BrN4O3S. The lowest BCUT2D eigenvalue weighted by Gasteiger charge is -2.18. The van der Waals surface area contributed by atoms with Crippen LogP contribution in [-0.2, 0) is 21.4 Å². The van der Waals surface area contributed by atoms with Crippen molar-refractivity contribution in [3.63, 3.8) is 0 Å². The molecule has 0 spiro atoms. The Balaban J connectivity index is 1.39. The smallest absolute Gasteiger partial charge is 0.265 e. The van der Waals surface area contributed by atoms with Crippen molar-refractivity contribution in [3.05, 3.63) is 83.0 Å². The molecule has 1 amide bonds. The van der Waals surface area contributed by atoms with E-state index < -0.39 is 15.9 Å². The molecule has 1 aliphatic rings. The molecule has 0 aliphatic carbocycles. The number of halogens is 1. The fourth-order valence-electron chi connectivity index (χ4n) is 3.79. The van der Waals surface area contributed by atoms with Gasteiger partial charge in [-0.15, -0.1) is 0 Å². The molecule has 0 radical (unpaired) electrons. The van der Waals surface area contributed by atoms with Crippen LogP contribution in [0, 0.1) is 0 Å². The van der Waals surface area contributed by atoms with Crippen LogP contribution in [0.25, 0.3) is 10.8 Å². The zero-order valence-corrected chi connectivity index (χ0v) is 18.6. The molecule has 3 aromatic carbocycles. The van der Waals surface area contributed by atoms with Gasteiger partial charge in [-0.3, -0.25) is 9.10 Å². The lowest BCUT2D eigenvalue weighted by atomic mass is 10.1. The van der Waals surface area contributed by atoms with Gasteiger partial charge in [0.05, 0.1) is 23.3 Å². The van der Waals surface area contributed by atoms with Crippen molar-refractivity contribution in [2.75, 3.05) is 16.2 Å². The number of hydrogen-bond donors (Lipinski definition) is 1.